The van der Waals surface area contributed by atoms with E-state index in [9.17, 15) is 9.59 Å². The Morgan fingerprint density at radius 3 is 2.59 bits per heavy atom. The molecule has 2 amide bonds. The number of hydrogen-bond acceptors (Lipinski definition) is 4. The van der Waals surface area contributed by atoms with E-state index in [1.807, 2.05) is 55.6 Å². The Balaban J connectivity index is 1.87. The lowest BCUT2D eigenvalue weighted by Crippen LogP contribution is -2.48. The van der Waals surface area contributed by atoms with Crippen LogP contribution >= 0.6 is 11.8 Å². The fourth-order valence-corrected chi connectivity index (χ4v) is 3.62. The number of thioether (sulfide) groups is 1. The van der Waals surface area contributed by atoms with Crippen LogP contribution in [0, 0.1) is 0 Å². The number of pyridine rings is 1. The van der Waals surface area contributed by atoms with Gasteiger partial charge in [-0.1, -0.05) is 48.2 Å². The van der Waals surface area contributed by atoms with Gasteiger partial charge in [-0.3, -0.25) is 9.78 Å². The first-order chi connectivity index (χ1) is 13.0. The minimum absolute atomic E-state index is 0.0882. The van der Waals surface area contributed by atoms with Gasteiger partial charge >= 0.3 is 6.03 Å². The van der Waals surface area contributed by atoms with Crippen LogP contribution in [0.25, 0.3) is 0 Å². The lowest BCUT2D eigenvalue weighted by Gasteiger charge is -2.31. The van der Waals surface area contributed by atoms with Crippen molar-refractivity contribution in [1.82, 2.24) is 15.6 Å². The number of amides is 2. The average molecular weight is 386 g/mol. The number of aromatic nitrogens is 1. The lowest BCUT2D eigenvalue weighted by molar-refractivity contribution is -0.109. The second-order valence-corrected chi connectivity index (χ2v) is 7.91. The maximum atomic E-state index is 12.4. The number of carbonyl (C=O) groups excluding carboxylic acids is 2. The summed E-state index contributed by atoms with van der Waals surface area (Å²) in [6.07, 6.45) is 5.99. The van der Waals surface area contributed by atoms with Gasteiger partial charge in [0.05, 0.1) is 5.54 Å². The van der Waals surface area contributed by atoms with Crippen molar-refractivity contribution in [1.29, 1.82) is 0 Å². The third-order valence-electron chi connectivity index (χ3n) is 4.36. The van der Waals surface area contributed by atoms with E-state index in [0.717, 1.165) is 24.0 Å². The molecule has 1 unspecified atom stereocenters. The highest BCUT2D eigenvalue weighted by Crippen LogP contribution is 2.26. The number of urea groups is 1. The summed E-state index contributed by atoms with van der Waals surface area (Å²) >= 11 is 1.28. The monoisotopic (exact) mass is 385 g/mol. The van der Waals surface area contributed by atoms with Gasteiger partial charge in [-0.25, -0.2) is 4.79 Å². The molecule has 0 bridgehead atoms. The molecule has 1 heterocycles. The molecule has 0 saturated heterocycles. The second-order valence-electron chi connectivity index (χ2n) is 6.63. The fraction of sp³-hybridized carbons (Fsp3) is 0.381. The van der Waals surface area contributed by atoms with Crippen molar-refractivity contribution in [2.45, 2.75) is 38.6 Å². The minimum atomic E-state index is -0.531. The smallest absolute Gasteiger partial charge is 0.315 e. The third kappa shape index (κ3) is 7.43. The van der Waals surface area contributed by atoms with Crippen LogP contribution in [-0.4, -0.2) is 28.4 Å². The standard InChI is InChI=1S/C21H27N3O2S/c1-17(25)27-15-12-21(2,19-10-4-3-5-11-19)24-20(26)23-14-7-9-18-8-6-13-22-16-18/h3-6,8,10-11,13,16H,7,9,12,14-15H2,1-2H3,(H2,23,24,26). The van der Waals surface area contributed by atoms with E-state index in [2.05, 4.69) is 15.6 Å². The predicted molar refractivity (Wildman–Crippen MR) is 111 cm³/mol. The molecule has 0 saturated carbocycles. The quantitative estimate of drug-likeness (QED) is 0.642. The summed E-state index contributed by atoms with van der Waals surface area (Å²) in [4.78, 5) is 27.8. The Kier molecular flexibility index (Phi) is 8.33. The molecule has 144 valence electrons. The topological polar surface area (TPSA) is 71.1 Å². The van der Waals surface area contributed by atoms with Crippen LogP contribution in [0.5, 0.6) is 0 Å². The van der Waals surface area contributed by atoms with Gasteiger partial charge < -0.3 is 10.6 Å². The SMILES string of the molecule is CC(=O)SCCC(C)(NC(=O)NCCCc1cccnc1)c1ccccc1. The molecule has 2 rings (SSSR count). The highest BCUT2D eigenvalue weighted by molar-refractivity contribution is 8.13. The van der Waals surface area contributed by atoms with E-state index in [-0.39, 0.29) is 11.1 Å². The number of carbonyl (C=O) groups is 2. The van der Waals surface area contributed by atoms with Crippen molar-refractivity contribution in [2.75, 3.05) is 12.3 Å². The van der Waals surface area contributed by atoms with E-state index < -0.39 is 5.54 Å². The van der Waals surface area contributed by atoms with Gasteiger partial charge in [-0.15, -0.1) is 0 Å². The van der Waals surface area contributed by atoms with Gasteiger partial charge in [0, 0.05) is 31.6 Å². The number of rotatable bonds is 9. The van der Waals surface area contributed by atoms with Crippen molar-refractivity contribution in [3.8, 4) is 0 Å². The zero-order valence-corrected chi connectivity index (χ0v) is 16.7. The first-order valence-electron chi connectivity index (χ1n) is 9.13. The number of nitrogens with one attached hydrogen (secondary N) is 2. The molecule has 2 aromatic rings. The van der Waals surface area contributed by atoms with E-state index in [1.54, 1.807) is 13.1 Å². The fourth-order valence-electron chi connectivity index (χ4n) is 2.82. The van der Waals surface area contributed by atoms with Gasteiger partial charge in [0.2, 0.25) is 0 Å². The van der Waals surface area contributed by atoms with Crippen molar-refractivity contribution in [2.24, 2.45) is 0 Å². The van der Waals surface area contributed by atoms with Crippen molar-refractivity contribution in [3.05, 3.63) is 66.0 Å². The van der Waals surface area contributed by atoms with E-state index in [0.29, 0.717) is 18.7 Å². The highest BCUT2D eigenvalue weighted by atomic mass is 32.2. The number of hydrogen-bond donors (Lipinski definition) is 2. The number of aryl methyl sites for hydroxylation is 1. The first-order valence-corrected chi connectivity index (χ1v) is 10.1. The molecule has 1 aromatic heterocycles. The summed E-state index contributed by atoms with van der Waals surface area (Å²) in [7, 11) is 0. The minimum Gasteiger partial charge on any atom is -0.338 e. The molecule has 0 aliphatic heterocycles. The molecule has 0 spiro atoms. The van der Waals surface area contributed by atoms with E-state index >= 15 is 0 Å². The van der Waals surface area contributed by atoms with Crippen LogP contribution in [0.4, 0.5) is 4.79 Å². The largest absolute Gasteiger partial charge is 0.338 e. The summed E-state index contributed by atoms with van der Waals surface area (Å²) in [5.74, 6) is 0.655. The molecular weight excluding hydrogens is 358 g/mol. The number of nitrogens with zero attached hydrogens (tertiary/aromatic N) is 1. The first kappa shape index (κ1) is 21.0. The molecule has 0 aliphatic carbocycles. The molecule has 0 fully saturated rings. The summed E-state index contributed by atoms with van der Waals surface area (Å²) in [5.41, 5.74) is 1.66. The molecule has 1 atom stereocenters. The lowest BCUT2D eigenvalue weighted by atomic mass is 9.89. The van der Waals surface area contributed by atoms with Crippen molar-refractivity contribution < 1.29 is 9.59 Å². The molecule has 27 heavy (non-hydrogen) atoms. The van der Waals surface area contributed by atoms with E-state index in [4.69, 9.17) is 0 Å². The molecule has 2 N–H and O–H groups in total. The Hall–Kier alpha value is -2.34. The highest BCUT2D eigenvalue weighted by Gasteiger charge is 2.28. The van der Waals surface area contributed by atoms with Crippen LogP contribution in [0.1, 0.15) is 37.8 Å². The molecule has 0 aliphatic rings. The maximum absolute atomic E-state index is 12.4. The molecule has 6 heteroatoms. The van der Waals surface area contributed by atoms with Crippen LogP contribution < -0.4 is 10.6 Å². The van der Waals surface area contributed by atoms with Crippen LogP contribution in [0.3, 0.4) is 0 Å². The third-order valence-corrected chi connectivity index (χ3v) is 5.17. The Morgan fingerprint density at radius 2 is 1.93 bits per heavy atom. The Bertz CT molecular complexity index is 725. The van der Waals surface area contributed by atoms with Gasteiger partial charge in [-0.2, -0.15) is 0 Å². The van der Waals surface area contributed by atoms with Gasteiger partial charge in [0.1, 0.15) is 0 Å². The zero-order chi connectivity index (χ0) is 19.5. The average Bonchev–Trinajstić information content (AvgIpc) is 2.66. The molecule has 1 aromatic carbocycles. The van der Waals surface area contributed by atoms with Crippen LogP contribution in [0.2, 0.25) is 0 Å². The molecule has 0 radical (unpaired) electrons. The predicted octanol–water partition coefficient (Wildman–Crippen LogP) is 3.90. The normalized spacial score (nSPS) is 12.8. The van der Waals surface area contributed by atoms with Crippen LogP contribution in [0.15, 0.2) is 54.9 Å². The van der Waals surface area contributed by atoms with Crippen molar-refractivity contribution >= 4 is 22.9 Å². The molecular formula is C21H27N3O2S. The van der Waals surface area contributed by atoms with Gasteiger partial charge in [0.15, 0.2) is 5.12 Å². The van der Waals surface area contributed by atoms with Gasteiger partial charge in [0.25, 0.3) is 0 Å². The summed E-state index contributed by atoms with van der Waals surface area (Å²) < 4.78 is 0. The maximum Gasteiger partial charge on any atom is 0.315 e. The summed E-state index contributed by atoms with van der Waals surface area (Å²) in [6, 6.07) is 13.6. The molecule has 5 nitrogen and oxygen atoms in total. The Labute approximate surface area is 165 Å². The van der Waals surface area contributed by atoms with Gasteiger partial charge in [-0.05, 0) is 43.4 Å². The van der Waals surface area contributed by atoms with E-state index in [1.165, 1.54) is 11.8 Å². The number of benzene rings is 1. The second kappa shape index (κ2) is 10.7. The summed E-state index contributed by atoms with van der Waals surface area (Å²) in [6.45, 7) is 4.15. The van der Waals surface area contributed by atoms with Crippen LogP contribution in [-0.2, 0) is 16.8 Å². The Morgan fingerprint density at radius 1 is 1.15 bits per heavy atom. The van der Waals surface area contributed by atoms with Crippen molar-refractivity contribution in [3.63, 3.8) is 0 Å². The summed E-state index contributed by atoms with van der Waals surface area (Å²) in [5, 5.41) is 6.12. The zero-order valence-electron chi connectivity index (χ0n) is 15.9.